The molecule has 1 aromatic rings. The van der Waals surface area contributed by atoms with Crippen LogP contribution in [0, 0.1) is 6.92 Å². The van der Waals surface area contributed by atoms with Gasteiger partial charge in [-0.25, -0.2) is 0 Å². The van der Waals surface area contributed by atoms with Crippen LogP contribution in [0.15, 0.2) is 24.3 Å². The molecule has 0 aliphatic carbocycles. The third-order valence-electron chi connectivity index (χ3n) is 8.03. The van der Waals surface area contributed by atoms with E-state index < -0.39 is 0 Å². The van der Waals surface area contributed by atoms with Crippen molar-refractivity contribution in [3.8, 4) is 0 Å². The number of hydrogen-bond donors (Lipinski definition) is 0. The average Bonchev–Trinajstić information content (AvgIpc) is 2.67. The van der Waals surface area contributed by atoms with E-state index >= 15 is 0 Å². The summed E-state index contributed by atoms with van der Waals surface area (Å²) >= 11 is 0. The van der Waals surface area contributed by atoms with E-state index in [4.69, 9.17) is 0 Å². The lowest BCUT2D eigenvalue weighted by Gasteiger charge is -2.58. The van der Waals surface area contributed by atoms with E-state index in [2.05, 4.69) is 114 Å². The Balaban J connectivity index is 4.05. The molecular formula is C28H52P2. The van der Waals surface area contributed by atoms with Gasteiger partial charge in [0, 0.05) is 5.40 Å². The second-order valence-corrected chi connectivity index (χ2v) is 19.4. The van der Waals surface area contributed by atoms with E-state index in [0.717, 1.165) is 0 Å². The van der Waals surface area contributed by atoms with E-state index in [0.29, 0.717) is 26.0 Å². The van der Waals surface area contributed by atoms with Crippen molar-refractivity contribution in [1.82, 2.24) is 0 Å². The van der Waals surface area contributed by atoms with E-state index in [1.165, 1.54) is 31.2 Å². The molecule has 0 nitrogen and oxygen atoms in total. The molecule has 0 aliphatic heterocycles. The molecule has 0 spiro atoms. The Morgan fingerprint density at radius 2 is 0.900 bits per heavy atom. The van der Waals surface area contributed by atoms with Crippen LogP contribution >= 0.6 is 15.8 Å². The number of rotatable bonds is 11. The van der Waals surface area contributed by atoms with Gasteiger partial charge in [0.05, 0.1) is 0 Å². The minimum absolute atomic E-state index is 0.254. The first-order chi connectivity index (χ1) is 13.6. The van der Waals surface area contributed by atoms with Crippen LogP contribution in [0.4, 0.5) is 0 Å². The summed E-state index contributed by atoms with van der Waals surface area (Å²) in [4.78, 5) is 0. The van der Waals surface area contributed by atoms with E-state index in [-0.39, 0.29) is 15.8 Å². The van der Waals surface area contributed by atoms with Crippen molar-refractivity contribution in [3.05, 3.63) is 35.4 Å². The summed E-state index contributed by atoms with van der Waals surface area (Å²) in [5, 5.41) is 2.10. The van der Waals surface area contributed by atoms with Crippen molar-refractivity contribution < 1.29 is 0 Å². The lowest BCUT2D eigenvalue weighted by molar-refractivity contribution is 0.583. The topological polar surface area (TPSA) is 0 Å². The van der Waals surface area contributed by atoms with Gasteiger partial charge < -0.3 is 0 Å². The second kappa shape index (κ2) is 10.3. The summed E-state index contributed by atoms with van der Waals surface area (Å²) in [7, 11) is -0.508. The van der Waals surface area contributed by atoms with Crippen LogP contribution in [0.1, 0.15) is 125 Å². The first-order valence-electron chi connectivity index (χ1n) is 12.3. The van der Waals surface area contributed by atoms with Gasteiger partial charge in [-0.05, 0) is 64.4 Å². The van der Waals surface area contributed by atoms with E-state index in [1.54, 1.807) is 5.56 Å². The predicted molar refractivity (Wildman–Crippen MR) is 145 cm³/mol. The van der Waals surface area contributed by atoms with Crippen LogP contribution in [0.3, 0.4) is 0 Å². The van der Waals surface area contributed by atoms with Gasteiger partial charge in [0.25, 0.3) is 0 Å². The zero-order valence-electron chi connectivity index (χ0n) is 22.6. The van der Waals surface area contributed by atoms with Gasteiger partial charge >= 0.3 is 0 Å². The summed E-state index contributed by atoms with van der Waals surface area (Å²) in [6.45, 7) is 32.7. The highest BCUT2D eigenvalue weighted by atomic mass is 31.2. The first kappa shape index (κ1) is 28.1. The SMILES string of the molecule is CCC(C)(C)P(C(c1ccccc1C)P(C(C)(C)CC)C(C)(C)CC)C(C)(C)CC. The Kier molecular flexibility index (Phi) is 9.69. The highest BCUT2D eigenvalue weighted by Crippen LogP contribution is 2.84. The maximum Gasteiger partial charge on any atom is 0.0265 e. The van der Waals surface area contributed by atoms with Crippen LogP contribution in [0.5, 0.6) is 0 Å². The van der Waals surface area contributed by atoms with Crippen LogP contribution in [0.2, 0.25) is 0 Å². The summed E-state index contributed by atoms with van der Waals surface area (Å²) in [6.07, 6.45) is 5.03. The fraction of sp³-hybridized carbons (Fsp3) is 0.786. The second-order valence-electron chi connectivity index (χ2n) is 11.6. The average molecular weight is 451 g/mol. The van der Waals surface area contributed by atoms with Crippen molar-refractivity contribution >= 4 is 15.8 Å². The molecule has 0 saturated carbocycles. The molecule has 30 heavy (non-hydrogen) atoms. The van der Waals surface area contributed by atoms with Gasteiger partial charge in [0.2, 0.25) is 0 Å². The Bertz CT molecular complexity index is 601. The smallest absolute Gasteiger partial charge is 0.0265 e. The van der Waals surface area contributed by atoms with Gasteiger partial charge in [0.1, 0.15) is 0 Å². The van der Waals surface area contributed by atoms with E-state index in [9.17, 15) is 0 Å². The molecular weight excluding hydrogens is 398 g/mol. The van der Waals surface area contributed by atoms with Gasteiger partial charge in [-0.1, -0.05) is 123 Å². The van der Waals surface area contributed by atoms with Gasteiger partial charge in [-0.15, -0.1) is 0 Å². The first-order valence-corrected chi connectivity index (χ1v) is 15.1. The number of benzene rings is 1. The number of hydrogen-bond acceptors (Lipinski definition) is 0. The summed E-state index contributed by atoms with van der Waals surface area (Å²) in [6, 6.07) is 9.37. The lowest BCUT2D eigenvalue weighted by atomic mass is 10.1. The Labute approximate surface area is 192 Å². The molecule has 0 amide bonds. The molecule has 0 N–H and O–H groups in total. The number of aryl methyl sites for hydroxylation is 1. The largest absolute Gasteiger partial charge is 0.0829 e. The summed E-state index contributed by atoms with van der Waals surface area (Å²) in [5.74, 6) is 0. The zero-order valence-corrected chi connectivity index (χ0v) is 24.4. The molecule has 0 radical (unpaired) electrons. The molecule has 174 valence electrons. The van der Waals surface area contributed by atoms with Gasteiger partial charge in [0.15, 0.2) is 0 Å². The highest BCUT2D eigenvalue weighted by molar-refractivity contribution is 7.78. The molecule has 2 heteroatoms. The maximum atomic E-state index is 2.58. The van der Waals surface area contributed by atoms with Gasteiger partial charge in [-0.3, -0.25) is 0 Å². The molecule has 0 aliphatic rings. The van der Waals surface area contributed by atoms with Crippen LogP contribution in [0.25, 0.3) is 0 Å². The van der Waals surface area contributed by atoms with Crippen molar-refractivity contribution in [2.24, 2.45) is 0 Å². The molecule has 1 aromatic carbocycles. The van der Waals surface area contributed by atoms with Crippen LogP contribution in [-0.2, 0) is 0 Å². The minimum Gasteiger partial charge on any atom is -0.0829 e. The third kappa shape index (κ3) is 5.90. The maximum absolute atomic E-state index is 2.58. The van der Waals surface area contributed by atoms with Gasteiger partial charge in [-0.2, -0.15) is 0 Å². The van der Waals surface area contributed by atoms with Crippen molar-refractivity contribution in [2.75, 3.05) is 0 Å². The molecule has 0 bridgehead atoms. The quantitative estimate of drug-likeness (QED) is 0.294. The predicted octanol–water partition coefficient (Wildman–Crippen LogP) is 10.7. The fourth-order valence-corrected chi connectivity index (χ4v) is 18.0. The molecule has 0 fully saturated rings. The molecule has 0 saturated heterocycles. The normalized spacial score (nSPS) is 14.3. The molecule has 0 heterocycles. The molecule has 0 atom stereocenters. The van der Waals surface area contributed by atoms with Crippen LogP contribution in [-0.4, -0.2) is 20.6 Å². The highest BCUT2D eigenvalue weighted by Gasteiger charge is 2.52. The Hall–Kier alpha value is 0.0800. The Morgan fingerprint density at radius 1 is 0.600 bits per heavy atom. The molecule has 1 rings (SSSR count). The molecule has 0 aromatic heterocycles. The van der Waals surface area contributed by atoms with Crippen molar-refractivity contribution in [3.63, 3.8) is 0 Å². The Morgan fingerprint density at radius 3 is 1.17 bits per heavy atom. The van der Waals surface area contributed by atoms with Crippen molar-refractivity contribution in [2.45, 2.75) is 142 Å². The van der Waals surface area contributed by atoms with Crippen molar-refractivity contribution in [1.29, 1.82) is 0 Å². The lowest BCUT2D eigenvalue weighted by Crippen LogP contribution is -2.37. The zero-order chi connectivity index (χ0) is 23.5. The summed E-state index contributed by atoms with van der Waals surface area (Å²) in [5.41, 5.74) is 3.15. The third-order valence-corrected chi connectivity index (χ3v) is 17.4. The van der Waals surface area contributed by atoms with Crippen LogP contribution < -0.4 is 0 Å². The summed E-state index contributed by atoms with van der Waals surface area (Å²) < 4.78 is 0. The minimum atomic E-state index is -0.254. The fourth-order valence-electron chi connectivity index (χ4n) is 4.91. The molecule has 0 unspecified atom stereocenters. The standard InChI is InChI=1S/C28H52P2/c1-14-25(6,7)29(26(8,9)15-2)24(23-21-19-18-20-22(23)5)30(27(10,11)16-3)28(12,13)17-4/h18-21,24H,14-17H2,1-13H3. The monoisotopic (exact) mass is 450 g/mol. The van der Waals surface area contributed by atoms with E-state index in [1.807, 2.05) is 0 Å².